The van der Waals surface area contributed by atoms with Gasteiger partial charge >= 0.3 is 0 Å². The first kappa shape index (κ1) is 24.9. The van der Waals surface area contributed by atoms with E-state index in [0.29, 0.717) is 44.9 Å². The Hall–Kier alpha value is -3.82. The molecule has 0 fully saturated rings. The predicted octanol–water partition coefficient (Wildman–Crippen LogP) is 6.75. The van der Waals surface area contributed by atoms with Gasteiger partial charge in [-0.2, -0.15) is 10.2 Å². The second kappa shape index (κ2) is 9.91. The van der Waals surface area contributed by atoms with Crippen LogP contribution in [0.1, 0.15) is 39.4 Å². The van der Waals surface area contributed by atoms with Crippen molar-refractivity contribution in [3.63, 3.8) is 0 Å². The number of benzene rings is 2. The number of carbonyl (C=O) groups excluding carboxylic acids is 1. The molecule has 11 heteroatoms. The summed E-state index contributed by atoms with van der Waals surface area (Å²) < 4.78 is 30.5. The van der Waals surface area contributed by atoms with Crippen LogP contribution in [0.3, 0.4) is 0 Å². The summed E-state index contributed by atoms with van der Waals surface area (Å²) in [6.07, 6.45) is -1.58. The lowest BCUT2D eigenvalue weighted by Crippen LogP contribution is -2.14. The number of aryl methyl sites for hydroxylation is 1. The molecule has 0 aliphatic rings. The van der Waals surface area contributed by atoms with Crippen molar-refractivity contribution < 1.29 is 13.6 Å². The van der Waals surface area contributed by atoms with Crippen LogP contribution >= 0.6 is 23.2 Å². The predicted molar refractivity (Wildman–Crippen MR) is 139 cm³/mol. The highest BCUT2D eigenvalue weighted by Crippen LogP contribution is 2.28. The van der Waals surface area contributed by atoms with E-state index in [-0.39, 0.29) is 16.9 Å². The maximum Gasteiger partial charge on any atom is 0.280 e. The Bertz CT molecular complexity index is 1630. The van der Waals surface area contributed by atoms with Crippen molar-refractivity contribution >= 4 is 40.4 Å². The minimum Gasteiger partial charge on any atom is -0.319 e. The molecular weight excluding hydrogens is 521 g/mol. The van der Waals surface area contributed by atoms with Gasteiger partial charge in [-0.3, -0.25) is 9.48 Å². The van der Waals surface area contributed by atoms with Crippen molar-refractivity contribution in [3.05, 3.63) is 99.0 Å². The minimum atomic E-state index is -2.81. The van der Waals surface area contributed by atoms with Crippen molar-refractivity contribution in [1.82, 2.24) is 24.4 Å². The number of carbonyl (C=O) groups is 1. The highest BCUT2D eigenvalue weighted by Gasteiger charge is 2.23. The fourth-order valence-corrected chi connectivity index (χ4v) is 4.55. The summed E-state index contributed by atoms with van der Waals surface area (Å²) in [6.45, 7) is 3.95. The Balaban J connectivity index is 1.49. The van der Waals surface area contributed by atoms with Gasteiger partial charge in [0.15, 0.2) is 5.65 Å². The molecular formula is C26H20Cl2F2N6O. The van der Waals surface area contributed by atoms with Crippen LogP contribution in [0.4, 0.5) is 14.5 Å². The van der Waals surface area contributed by atoms with Gasteiger partial charge in [0.25, 0.3) is 12.3 Å². The van der Waals surface area contributed by atoms with Gasteiger partial charge in [0.1, 0.15) is 11.3 Å². The Morgan fingerprint density at radius 1 is 1.08 bits per heavy atom. The van der Waals surface area contributed by atoms with Crippen molar-refractivity contribution in [2.24, 2.45) is 0 Å². The molecule has 188 valence electrons. The van der Waals surface area contributed by atoms with Crippen molar-refractivity contribution in [2.75, 3.05) is 5.32 Å². The molecule has 0 aliphatic carbocycles. The van der Waals surface area contributed by atoms with E-state index in [9.17, 15) is 13.6 Å². The van der Waals surface area contributed by atoms with E-state index in [1.54, 1.807) is 48.0 Å². The summed E-state index contributed by atoms with van der Waals surface area (Å²) in [5, 5.41) is 12.4. The molecule has 5 rings (SSSR count). The Labute approximate surface area is 220 Å². The maximum atomic E-state index is 13.9. The molecule has 2 aromatic carbocycles. The highest BCUT2D eigenvalue weighted by molar-refractivity contribution is 6.35. The van der Waals surface area contributed by atoms with E-state index in [0.717, 1.165) is 10.1 Å². The highest BCUT2D eigenvalue weighted by atomic mass is 35.5. The minimum absolute atomic E-state index is 0.0322. The van der Waals surface area contributed by atoms with Gasteiger partial charge < -0.3 is 5.32 Å². The lowest BCUT2D eigenvalue weighted by Gasteiger charge is -2.10. The second-order valence-corrected chi connectivity index (χ2v) is 9.26. The first-order valence-electron chi connectivity index (χ1n) is 11.2. The number of hydrogen-bond acceptors (Lipinski definition) is 4. The molecule has 0 aliphatic heterocycles. The molecule has 1 amide bonds. The molecule has 1 N–H and O–H groups in total. The van der Waals surface area contributed by atoms with Crippen molar-refractivity contribution in [3.8, 4) is 11.3 Å². The van der Waals surface area contributed by atoms with Gasteiger partial charge in [0.2, 0.25) is 0 Å². The number of anilines is 1. The Kier molecular flexibility index (Phi) is 6.66. The van der Waals surface area contributed by atoms with Gasteiger partial charge in [0, 0.05) is 15.6 Å². The van der Waals surface area contributed by atoms with Gasteiger partial charge in [-0.1, -0.05) is 59.6 Å². The molecule has 5 aromatic rings. The molecule has 37 heavy (non-hydrogen) atoms. The summed E-state index contributed by atoms with van der Waals surface area (Å²) >= 11 is 12.3. The smallest absolute Gasteiger partial charge is 0.280 e. The van der Waals surface area contributed by atoms with Crippen LogP contribution in [0.5, 0.6) is 0 Å². The van der Waals surface area contributed by atoms with E-state index in [1.807, 2.05) is 19.1 Å². The molecule has 0 radical (unpaired) electrons. The van der Waals surface area contributed by atoms with E-state index < -0.39 is 12.3 Å². The van der Waals surface area contributed by atoms with Crippen LogP contribution in [-0.4, -0.2) is 30.3 Å². The van der Waals surface area contributed by atoms with E-state index in [4.69, 9.17) is 23.2 Å². The quantitative estimate of drug-likeness (QED) is 0.258. The van der Waals surface area contributed by atoms with Gasteiger partial charge in [0.05, 0.1) is 35.5 Å². The van der Waals surface area contributed by atoms with Crippen LogP contribution in [0.25, 0.3) is 16.9 Å². The SMILES string of the molecule is Cc1nn(Cc2ccc(Cl)cc2Cl)c(C)c1NC(=O)c1cnn2c(C(F)F)cc(-c3ccccc3)nc12. The van der Waals surface area contributed by atoms with E-state index in [1.165, 1.54) is 12.3 Å². The number of alkyl halides is 2. The average Bonchev–Trinajstić information content (AvgIpc) is 3.42. The van der Waals surface area contributed by atoms with Crippen molar-refractivity contribution in [2.45, 2.75) is 26.8 Å². The fourth-order valence-electron chi connectivity index (χ4n) is 4.08. The number of hydrogen-bond donors (Lipinski definition) is 1. The number of aromatic nitrogens is 5. The maximum absolute atomic E-state index is 13.9. The lowest BCUT2D eigenvalue weighted by molar-refractivity contribution is 0.102. The number of halogens is 4. The number of amides is 1. The zero-order valence-corrected chi connectivity index (χ0v) is 21.2. The van der Waals surface area contributed by atoms with Crippen molar-refractivity contribution in [1.29, 1.82) is 0 Å². The van der Waals surface area contributed by atoms with Gasteiger partial charge in [-0.25, -0.2) is 18.3 Å². The average molecular weight is 541 g/mol. The summed E-state index contributed by atoms with van der Waals surface area (Å²) in [4.78, 5) is 17.8. The molecule has 0 unspecified atom stereocenters. The summed E-state index contributed by atoms with van der Waals surface area (Å²) in [5.41, 5.74) is 3.29. The van der Waals surface area contributed by atoms with E-state index >= 15 is 0 Å². The van der Waals surface area contributed by atoms with E-state index in [2.05, 4.69) is 20.5 Å². The number of fused-ring (bicyclic) bond motifs is 1. The number of nitrogens with zero attached hydrogens (tertiary/aromatic N) is 5. The van der Waals surface area contributed by atoms with Crippen LogP contribution in [0.2, 0.25) is 10.0 Å². The topological polar surface area (TPSA) is 77.1 Å². The molecule has 0 bridgehead atoms. The third-order valence-electron chi connectivity index (χ3n) is 5.99. The molecule has 0 saturated heterocycles. The molecule has 7 nitrogen and oxygen atoms in total. The third-order valence-corrected chi connectivity index (χ3v) is 6.58. The third kappa shape index (κ3) is 4.80. The summed E-state index contributed by atoms with van der Waals surface area (Å²) in [5.74, 6) is -0.539. The Morgan fingerprint density at radius 3 is 2.54 bits per heavy atom. The molecule has 3 heterocycles. The van der Waals surface area contributed by atoms with Crippen LogP contribution in [0, 0.1) is 13.8 Å². The number of rotatable bonds is 6. The van der Waals surface area contributed by atoms with Crippen LogP contribution in [-0.2, 0) is 6.54 Å². The lowest BCUT2D eigenvalue weighted by atomic mass is 10.1. The van der Waals surface area contributed by atoms with Gasteiger partial charge in [-0.15, -0.1) is 0 Å². The number of nitrogens with one attached hydrogen (secondary N) is 1. The molecule has 3 aromatic heterocycles. The van der Waals surface area contributed by atoms with Gasteiger partial charge in [-0.05, 0) is 37.6 Å². The molecule has 0 spiro atoms. The largest absolute Gasteiger partial charge is 0.319 e. The Morgan fingerprint density at radius 2 is 1.84 bits per heavy atom. The second-order valence-electron chi connectivity index (χ2n) is 8.42. The standard InChI is InChI=1S/C26H20Cl2F2N6O/c1-14-23(15(2)35(34-14)13-17-8-9-18(27)10-20(17)28)33-26(37)19-12-31-36-22(24(29)30)11-21(32-25(19)36)16-6-4-3-5-7-16/h3-12,24H,13H2,1-2H3,(H,33,37). The van der Waals surface area contributed by atoms with Crippen LogP contribution in [0.15, 0.2) is 60.8 Å². The first-order chi connectivity index (χ1) is 17.7. The normalized spacial score (nSPS) is 11.4. The summed E-state index contributed by atoms with van der Waals surface area (Å²) in [6, 6.07) is 15.4. The molecule has 0 saturated carbocycles. The van der Waals surface area contributed by atoms with Crippen LogP contribution < -0.4 is 5.32 Å². The zero-order valence-electron chi connectivity index (χ0n) is 19.7. The first-order valence-corrected chi connectivity index (χ1v) is 12.0. The fraction of sp³-hybridized carbons (Fsp3) is 0.154. The monoisotopic (exact) mass is 540 g/mol. The summed E-state index contributed by atoms with van der Waals surface area (Å²) in [7, 11) is 0. The molecule has 0 atom stereocenters. The zero-order chi connectivity index (χ0) is 26.3.